The highest BCUT2D eigenvalue weighted by Gasteiger charge is 2.44. The number of rotatable bonds is 6. The first kappa shape index (κ1) is 27.8. The minimum absolute atomic E-state index is 0.0181. The van der Waals surface area contributed by atoms with Crippen molar-refractivity contribution < 1.29 is 14.3 Å². The van der Waals surface area contributed by atoms with E-state index < -0.39 is 6.04 Å². The second-order valence-electron chi connectivity index (χ2n) is 10.3. The van der Waals surface area contributed by atoms with Gasteiger partial charge in [0, 0.05) is 39.9 Å². The quantitative estimate of drug-likeness (QED) is 0.255. The molecule has 1 atom stereocenters. The Balaban J connectivity index is 1.83. The number of nitrogens with zero attached hydrogens (tertiary/aromatic N) is 2. The number of carbonyl (C=O) groups is 2. The molecule has 8 heteroatoms. The Hall–Kier alpha value is -3.74. The standard InChI is InChI=1S/C32H31Cl2N3O3/c1-17(2)36-27(24-14-20(31(38)35-5)8-12-28(24)40-6)16-25-30(36)29(23-11-10-21(33)13-19(23)4)37(32(25)39)26-15-22(34)9-7-18(26)3/h7-17,29H,1-6H3,(H,35,38)/t29-/m0/s1. The number of hydrogen-bond donors (Lipinski definition) is 1. The summed E-state index contributed by atoms with van der Waals surface area (Å²) >= 11 is 12.8. The number of hydrogen-bond acceptors (Lipinski definition) is 3. The summed E-state index contributed by atoms with van der Waals surface area (Å²) in [4.78, 5) is 28.7. The van der Waals surface area contributed by atoms with Crippen molar-refractivity contribution in [3.05, 3.63) is 104 Å². The van der Waals surface area contributed by atoms with Gasteiger partial charge in [0.1, 0.15) is 11.8 Å². The lowest BCUT2D eigenvalue weighted by atomic mass is 9.97. The Morgan fingerprint density at radius 3 is 2.27 bits per heavy atom. The summed E-state index contributed by atoms with van der Waals surface area (Å²) in [6.45, 7) is 8.15. The van der Waals surface area contributed by atoms with Gasteiger partial charge in [-0.3, -0.25) is 14.5 Å². The van der Waals surface area contributed by atoms with Gasteiger partial charge in [-0.15, -0.1) is 0 Å². The number of carbonyl (C=O) groups excluding carboxylic acids is 2. The van der Waals surface area contributed by atoms with Gasteiger partial charge < -0.3 is 14.6 Å². The van der Waals surface area contributed by atoms with E-state index >= 15 is 0 Å². The lowest BCUT2D eigenvalue weighted by Gasteiger charge is -2.31. The highest BCUT2D eigenvalue weighted by molar-refractivity contribution is 6.31. The Kier molecular flexibility index (Phi) is 7.42. The molecule has 40 heavy (non-hydrogen) atoms. The summed E-state index contributed by atoms with van der Waals surface area (Å²) in [6, 6.07) is 18.2. The smallest absolute Gasteiger partial charge is 0.261 e. The molecule has 4 aromatic rings. The van der Waals surface area contributed by atoms with Crippen molar-refractivity contribution >= 4 is 40.7 Å². The van der Waals surface area contributed by atoms with Crippen LogP contribution in [0.15, 0.2) is 60.7 Å². The number of halogens is 2. The van der Waals surface area contributed by atoms with E-state index in [-0.39, 0.29) is 17.9 Å². The molecule has 206 valence electrons. The zero-order valence-corrected chi connectivity index (χ0v) is 24.8. The van der Waals surface area contributed by atoms with Gasteiger partial charge in [0.2, 0.25) is 0 Å². The fourth-order valence-electron chi connectivity index (χ4n) is 5.64. The minimum Gasteiger partial charge on any atom is -0.496 e. The van der Waals surface area contributed by atoms with Crippen LogP contribution in [-0.4, -0.2) is 30.5 Å². The predicted molar refractivity (Wildman–Crippen MR) is 161 cm³/mol. The van der Waals surface area contributed by atoms with Crippen LogP contribution in [0, 0.1) is 13.8 Å². The maximum absolute atomic E-state index is 14.4. The Bertz CT molecular complexity index is 1660. The fourth-order valence-corrected chi connectivity index (χ4v) is 6.03. The monoisotopic (exact) mass is 575 g/mol. The molecule has 2 heterocycles. The molecule has 5 rings (SSSR count). The molecule has 0 radical (unpaired) electrons. The summed E-state index contributed by atoms with van der Waals surface area (Å²) in [5.74, 6) is 0.286. The van der Waals surface area contributed by atoms with Crippen LogP contribution in [0.1, 0.15) is 69.0 Å². The van der Waals surface area contributed by atoms with Gasteiger partial charge in [0.05, 0.1) is 24.1 Å². The molecule has 0 bridgehead atoms. The molecule has 0 unspecified atom stereocenters. The Morgan fingerprint density at radius 1 is 0.925 bits per heavy atom. The van der Waals surface area contributed by atoms with Gasteiger partial charge in [0.25, 0.3) is 11.8 Å². The molecule has 1 N–H and O–H groups in total. The SMILES string of the molecule is CNC(=O)c1ccc(OC)c(-c2cc3c(n2C(C)C)[C@H](c2ccc(Cl)cc2C)N(c2cc(Cl)ccc2C)C3=O)c1. The first-order chi connectivity index (χ1) is 19.1. The van der Waals surface area contributed by atoms with E-state index in [1.807, 2.05) is 67.3 Å². The predicted octanol–water partition coefficient (Wildman–Crippen LogP) is 7.78. The van der Waals surface area contributed by atoms with Gasteiger partial charge in [-0.25, -0.2) is 0 Å². The van der Waals surface area contributed by atoms with Gasteiger partial charge in [0.15, 0.2) is 0 Å². The first-order valence-corrected chi connectivity index (χ1v) is 13.8. The van der Waals surface area contributed by atoms with E-state index in [4.69, 9.17) is 27.9 Å². The van der Waals surface area contributed by atoms with Crippen LogP contribution >= 0.6 is 23.2 Å². The zero-order valence-electron chi connectivity index (χ0n) is 23.3. The second kappa shape index (κ2) is 10.7. The molecule has 0 saturated carbocycles. The third kappa shape index (κ3) is 4.55. The number of aryl methyl sites for hydroxylation is 2. The molecule has 6 nitrogen and oxygen atoms in total. The average molecular weight is 577 g/mol. The molecule has 0 aliphatic carbocycles. The first-order valence-electron chi connectivity index (χ1n) is 13.1. The van der Waals surface area contributed by atoms with Crippen LogP contribution < -0.4 is 15.0 Å². The van der Waals surface area contributed by atoms with Crippen LogP contribution in [-0.2, 0) is 0 Å². The van der Waals surface area contributed by atoms with Crippen molar-refractivity contribution in [2.75, 3.05) is 19.1 Å². The number of aromatic nitrogens is 1. The largest absolute Gasteiger partial charge is 0.496 e. The summed E-state index contributed by atoms with van der Waals surface area (Å²) in [5, 5.41) is 3.87. The normalized spacial score (nSPS) is 14.6. The van der Waals surface area contributed by atoms with Crippen molar-refractivity contribution in [1.82, 2.24) is 9.88 Å². The van der Waals surface area contributed by atoms with Crippen LogP contribution in [0.5, 0.6) is 5.75 Å². The number of amides is 2. The molecule has 1 aliphatic heterocycles. The maximum Gasteiger partial charge on any atom is 0.261 e. The van der Waals surface area contributed by atoms with Crippen LogP contribution in [0.25, 0.3) is 11.3 Å². The van der Waals surface area contributed by atoms with Crippen molar-refractivity contribution in [1.29, 1.82) is 0 Å². The zero-order chi connectivity index (χ0) is 28.9. The molecule has 0 saturated heterocycles. The minimum atomic E-state index is -0.429. The van der Waals surface area contributed by atoms with Crippen LogP contribution in [0.2, 0.25) is 10.0 Å². The van der Waals surface area contributed by atoms with E-state index in [9.17, 15) is 9.59 Å². The highest BCUT2D eigenvalue weighted by Crippen LogP contribution is 2.49. The molecular weight excluding hydrogens is 545 g/mol. The number of methoxy groups -OCH3 is 1. The van der Waals surface area contributed by atoms with Crippen molar-refractivity contribution in [3.8, 4) is 17.0 Å². The summed E-state index contributed by atoms with van der Waals surface area (Å²) in [6.07, 6.45) is 0. The number of ether oxygens (including phenoxy) is 1. The number of fused-ring (bicyclic) bond motifs is 1. The third-order valence-corrected chi connectivity index (χ3v) is 7.95. The number of benzene rings is 3. The molecular formula is C32H31Cl2N3O3. The van der Waals surface area contributed by atoms with E-state index in [0.29, 0.717) is 26.9 Å². The molecule has 0 fully saturated rings. The van der Waals surface area contributed by atoms with Gasteiger partial charge in [-0.05, 0) is 92.9 Å². The number of nitrogens with one attached hydrogen (secondary N) is 1. The second-order valence-corrected chi connectivity index (χ2v) is 11.2. The summed E-state index contributed by atoms with van der Waals surface area (Å²) in [7, 11) is 3.20. The van der Waals surface area contributed by atoms with E-state index in [1.54, 1.807) is 26.3 Å². The van der Waals surface area contributed by atoms with E-state index in [0.717, 1.165) is 39.3 Å². The summed E-state index contributed by atoms with van der Waals surface area (Å²) < 4.78 is 7.90. The van der Waals surface area contributed by atoms with Crippen LogP contribution in [0.4, 0.5) is 5.69 Å². The highest BCUT2D eigenvalue weighted by atomic mass is 35.5. The van der Waals surface area contributed by atoms with Gasteiger partial charge in [-0.1, -0.05) is 35.3 Å². The van der Waals surface area contributed by atoms with Crippen molar-refractivity contribution in [2.24, 2.45) is 0 Å². The van der Waals surface area contributed by atoms with Crippen molar-refractivity contribution in [2.45, 2.75) is 39.8 Å². The average Bonchev–Trinajstić information content (AvgIpc) is 3.44. The number of anilines is 1. The fraction of sp³-hybridized carbons (Fsp3) is 0.250. The molecule has 0 spiro atoms. The van der Waals surface area contributed by atoms with Gasteiger partial charge in [-0.2, -0.15) is 0 Å². The van der Waals surface area contributed by atoms with Gasteiger partial charge >= 0.3 is 0 Å². The third-order valence-electron chi connectivity index (χ3n) is 7.48. The van der Waals surface area contributed by atoms with E-state index in [2.05, 4.69) is 23.7 Å². The topological polar surface area (TPSA) is 63.6 Å². The van der Waals surface area contributed by atoms with E-state index in [1.165, 1.54) is 0 Å². The molecule has 3 aromatic carbocycles. The Labute approximate surface area is 244 Å². The van der Waals surface area contributed by atoms with Crippen molar-refractivity contribution in [3.63, 3.8) is 0 Å². The molecule has 2 amide bonds. The lowest BCUT2D eigenvalue weighted by molar-refractivity contribution is 0.0961. The maximum atomic E-state index is 14.4. The van der Waals surface area contributed by atoms with Crippen LogP contribution in [0.3, 0.4) is 0 Å². The molecule has 1 aliphatic rings. The lowest BCUT2D eigenvalue weighted by Crippen LogP contribution is -2.31. The summed E-state index contributed by atoms with van der Waals surface area (Å²) in [5.41, 5.74) is 7.13. The molecule has 1 aromatic heterocycles. The Morgan fingerprint density at radius 2 is 1.62 bits per heavy atom.